The summed E-state index contributed by atoms with van der Waals surface area (Å²) in [5.41, 5.74) is 5.33. The average Bonchev–Trinajstić information content (AvgIpc) is 2.22. The number of nitrogens with one attached hydrogen (secondary N) is 2. The van der Waals surface area contributed by atoms with E-state index in [-0.39, 0.29) is 0 Å². The van der Waals surface area contributed by atoms with Crippen LogP contribution in [0, 0.1) is 10.8 Å². The zero-order valence-electron chi connectivity index (χ0n) is 7.70. The van der Waals surface area contributed by atoms with Crippen LogP contribution in [0.1, 0.15) is 0 Å². The molecule has 0 unspecified atom stereocenters. The van der Waals surface area contributed by atoms with E-state index >= 15 is 0 Å². The molecule has 5 nitrogen and oxygen atoms in total. The molecule has 0 saturated heterocycles. The quantitative estimate of drug-likeness (QED) is 0.455. The van der Waals surface area contributed by atoms with Gasteiger partial charge in [-0.1, -0.05) is 23.7 Å². The Balaban J connectivity index is 0.000000265. The van der Waals surface area contributed by atoms with Crippen molar-refractivity contribution in [1.82, 2.24) is 0 Å². The van der Waals surface area contributed by atoms with Gasteiger partial charge in [-0.05, 0) is 12.1 Å². The molecule has 15 heavy (non-hydrogen) atoms. The zero-order chi connectivity index (χ0) is 11.8. The van der Waals surface area contributed by atoms with E-state index in [0.29, 0.717) is 16.9 Å². The lowest BCUT2D eigenvalue weighted by molar-refractivity contribution is -0.129. The molecule has 0 bridgehead atoms. The molecule has 0 aliphatic rings. The van der Waals surface area contributed by atoms with Crippen molar-refractivity contribution in [3.05, 3.63) is 29.3 Å². The molecular formula is C9H10ClN3O2. The van der Waals surface area contributed by atoms with E-state index in [9.17, 15) is 4.79 Å². The normalized spacial score (nSPS) is 8.33. The molecule has 5 N–H and O–H groups in total. The molecule has 0 radical (unpaired) electrons. The number of carboxylic acid groups (broad SMARTS) is 1. The molecule has 0 spiro atoms. The van der Waals surface area contributed by atoms with E-state index in [0.717, 1.165) is 0 Å². The van der Waals surface area contributed by atoms with Gasteiger partial charge in [0.15, 0.2) is 5.71 Å². The molecule has 0 aromatic heterocycles. The van der Waals surface area contributed by atoms with Crippen molar-refractivity contribution in [1.29, 1.82) is 10.8 Å². The molecule has 0 aliphatic carbocycles. The number of aliphatic carboxylic acids is 1. The number of carbonyl (C=O) groups is 1. The lowest BCUT2D eigenvalue weighted by Gasteiger charge is -1.91. The fraction of sp³-hybridized carbons (Fsp3) is 0. The summed E-state index contributed by atoms with van der Waals surface area (Å²) < 4.78 is 0. The van der Waals surface area contributed by atoms with Gasteiger partial charge in [-0.3, -0.25) is 5.41 Å². The first kappa shape index (κ1) is 13.1. The summed E-state index contributed by atoms with van der Waals surface area (Å²) in [4.78, 5) is 9.55. The molecule has 0 saturated carbocycles. The van der Waals surface area contributed by atoms with Crippen molar-refractivity contribution < 1.29 is 9.90 Å². The van der Waals surface area contributed by atoms with Crippen molar-refractivity contribution in [3.8, 4) is 0 Å². The maximum atomic E-state index is 9.55. The van der Waals surface area contributed by atoms with Gasteiger partial charge in [0.1, 0.15) is 0 Å². The number of nitrogen functional groups attached to an aromatic ring is 1. The summed E-state index contributed by atoms with van der Waals surface area (Å²) in [6, 6.07) is 7.22. The van der Waals surface area contributed by atoms with Gasteiger partial charge in [-0.25, -0.2) is 4.79 Å². The smallest absolute Gasteiger partial charge is 0.355 e. The van der Waals surface area contributed by atoms with Crippen molar-refractivity contribution in [2.75, 3.05) is 5.73 Å². The number of para-hydroxylation sites is 1. The second kappa shape index (κ2) is 6.56. The third-order valence-electron chi connectivity index (χ3n) is 1.28. The molecule has 1 aromatic carbocycles. The Bertz CT molecular complexity index is 358. The first-order valence-corrected chi connectivity index (χ1v) is 4.19. The van der Waals surface area contributed by atoms with Crippen molar-refractivity contribution in [2.24, 2.45) is 0 Å². The van der Waals surface area contributed by atoms with Gasteiger partial charge in [-0.15, -0.1) is 0 Å². The van der Waals surface area contributed by atoms with Crippen molar-refractivity contribution in [2.45, 2.75) is 0 Å². The summed E-state index contributed by atoms with van der Waals surface area (Å²) in [6.07, 6.45) is 0.475. The van der Waals surface area contributed by atoms with Gasteiger partial charge in [0.2, 0.25) is 0 Å². The van der Waals surface area contributed by atoms with Gasteiger partial charge in [0.05, 0.1) is 16.9 Å². The summed E-state index contributed by atoms with van der Waals surface area (Å²) in [5.74, 6) is -1.37. The van der Waals surface area contributed by atoms with E-state index in [4.69, 9.17) is 33.3 Å². The molecule has 0 heterocycles. The molecule has 1 aromatic rings. The Morgan fingerprint density at radius 1 is 1.47 bits per heavy atom. The highest BCUT2D eigenvalue weighted by atomic mass is 35.5. The number of anilines is 1. The summed E-state index contributed by atoms with van der Waals surface area (Å²) >= 11 is 5.58. The van der Waals surface area contributed by atoms with E-state index < -0.39 is 11.7 Å². The Morgan fingerprint density at radius 2 is 2.00 bits per heavy atom. The third kappa shape index (κ3) is 5.43. The Labute approximate surface area is 91.5 Å². The number of hydrogen-bond donors (Lipinski definition) is 4. The summed E-state index contributed by atoms with van der Waals surface area (Å²) in [6.45, 7) is 0. The zero-order valence-corrected chi connectivity index (χ0v) is 8.45. The van der Waals surface area contributed by atoms with Crippen LogP contribution in [0.3, 0.4) is 0 Å². The second-order valence-electron chi connectivity index (χ2n) is 2.38. The van der Waals surface area contributed by atoms with Crippen LogP contribution in [0.4, 0.5) is 5.69 Å². The monoisotopic (exact) mass is 227 g/mol. The van der Waals surface area contributed by atoms with E-state index in [2.05, 4.69) is 0 Å². The van der Waals surface area contributed by atoms with Gasteiger partial charge >= 0.3 is 5.97 Å². The van der Waals surface area contributed by atoms with Crippen LogP contribution in [0.25, 0.3) is 0 Å². The number of rotatable bonds is 2. The van der Waals surface area contributed by atoms with Crippen LogP contribution in [-0.4, -0.2) is 23.0 Å². The van der Waals surface area contributed by atoms with Crippen LogP contribution < -0.4 is 5.73 Å². The van der Waals surface area contributed by atoms with Crippen LogP contribution >= 0.6 is 11.6 Å². The van der Waals surface area contributed by atoms with Gasteiger partial charge in [-0.2, -0.15) is 0 Å². The molecule has 1 rings (SSSR count). The number of carboxylic acids is 1. The maximum Gasteiger partial charge on any atom is 0.355 e. The summed E-state index contributed by atoms with van der Waals surface area (Å²) in [7, 11) is 0. The first-order chi connectivity index (χ1) is 6.99. The highest BCUT2D eigenvalue weighted by Gasteiger charge is 1.98. The maximum absolute atomic E-state index is 9.55. The number of benzene rings is 1. The predicted octanol–water partition coefficient (Wildman–Crippen LogP) is 1.66. The predicted molar refractivity (Wildman–Crippen MR) is 60.0 cm³/mol. The Morgan fingerprint density at radius 3 is 2.20 bits per heavy atom. The lowest BCUT2D eigenvalue weighted by Crippen LogP contribution is -2.11. The lowest BCUT2D eigenvalue weighted by atomic mass is 10.3. The minimum atomic E-state index is -1.37. The Kier molecular flexibility index (Phi) is 5.73. The minimum absolute atomic E-state index is 0.475. The standard InChI is InChI=1S/C6H6ClN.C3H4N2O2/c7-5-3-1-2-4-6(5)8;4-1-2(5)3(6)7/h1-4H,8H2;1,4-5H,(H,6,7). The number of hydrogen-bond acceptors (Lipinski definition) is 4. The number of nitrogens with two attached hydrogens (primary N) is 1. The van der Waals surface area contributed by atoms with Gasteiger partial charge in [0.25, 0.3) is 0 Å². The fourth-order valence-electron chi connectivity index (χ4n) is 0.537. The molecule has 0 fully saturated rings. The third-order valence-corrected chi connectivity index (χ3v) is 1.62. The van der Waals surface area contributed by atoms with Gasteiger partial charge in [0, 0.05) is 0 Å². The fourth-order valence-corrected chi connectivity index (χ4v) is 0.673. The van der Waals surface area contributed by atoms with Gasteiger partial charge < -0.3 is 16.2 Å². The average molecular weight is 228 g/mol. The molecule has 6 heteroatoms. The van der Waals surface area contributed by atoms with E-state index in [1.54, 1.807) is 12.1 Å². The van der Waals surface area contributed by atoms with Crippen LogP contribution in [0.15, 0.2) is 24.3 Å². The van der Waals surface area contributed by atoms with E-state index in [1.807, 2.05) is 12.1 Å². The topological polar surface area (TPSA) is 111 Å². The minimum Gasteiger partial charge on any atom is -0.476 e. The molecular weight excluding hydrogens is 218 g/mol. The number of halogens is 1. The summed E-state index contributed by atoms with van der Waals surface area (Å²) in [5, 5.41) is 21.0. The molecule has 0 atom stereocenters. The molecule has 0 aliphatic heterocycles. The first-order valence-electron chi connectivity index (χ1n) is 3.81. The van der Waals surface area contributed by atoms with Crippen LogP contribution in [0.2, 0.25) is 5.02 Å². The van der Waals surface area contributed by atoms with Crippen LogP contribution in [-0.2, 0) is 4.79 Å². The highest BCUT2D eigenvalue weighted by Crippen LogP contribution is 2.15. The van der Waals surface area contributed by atoms with Crippen molar-refractivity contribution >= 4 is 35.2 Å². The molecule has 0 amide bonds. The largest absolute Gasteiger partial charge is 0.476 e. The molecule has 80 valence electrons. The second-order valence-corrected chi connectivity index (χ2v) is 2.79. The Hall–Kier alpha value is -1.88. The highest BCUT2D eigenvalue weighted by molar-refractivity contribution is 6.57. The van der Waals surface area contributed by atoms with Crippen LogP contribution in [0.5, 0.6) is 0 Å². The van der Waals surface area contributed by atoms with Crippen molar-refractivity contribution in [3.63, 3.8) is 0 Å². The van der Waals surface area contributed by atoms with E-state index in [1.165, 1.54) is 0 Å². The SMILES string of the molecule is N=CC(=N)C(=O)O.Nc1ccccc1Cl.